The highest BCUT2D eigenvalue weighted by Crippen LogP contribution is 2.22. The van der Waals surface area contributed by atoms with Gasteiger partial charge in [-0.3, -0.25) is 14.7 Å². The predicted molar refractivity (Wildman–Crippen MR) is 80.8 cm³/mol. The number of halogens is 1. The van der Waals surface area contributed by atoms with E-state index in [2.05, 4.69) is 26.1 Å². The van der Waals surface area contributed by atoms with Crippen molar-refractivity contribution in [1.82, 2.24) is 15.1 Å². The fourth-order valence-corrected chi connectivity index (χ4v) is 2.58. The third-order valence-electron chi connectivity index (χ3n) is 3.29. The van der Waals surface area contributed by atoms with Gasteiger partial charge >= 0.3 is 5.97 Å². The molecule has 0 aromatic carbocycles. The zero-order valence-corrected chi connectivity index (χ0v) is 14.1. The van der Waals surface area contributed by atoms with Crippen LogP contribution in [0.2, 0.25) is 0 Å². The van der Waals surface area contributed by atoms with Crippen LogP contribution >= 0.6 is 15.9 Å². The number of piperidine rings is 1. The number of hydrogen-bond acceptors (Lipinski definition) is 4. The Morgan fingerprint density at radius 1 is 1.38 bits per heavy atom. The maximum atomic E-state index is 12.2. The molecule has 7 heteroatoms. The first-order valence-electron chi connectivity index (χ1n) is 6.99. The van der Waals surface area contributed by atoms with Crippen molar-refractivity contribution in [3.8, 4) is 0 Å². The molecule has 1 amide bonds. The number of esters is 1. The monoisotopic (exact) mass is 357 g/mol. The Labute approximate surface area is 132 Å². The van der Waals surface area contributed by atoms with Crippen molar-refractivity contribution in [2.24, 2.45) is 5.92 Å². The normalized spacial score (nSPS) is 16.9. The molecule has 2 rings (SSSR count). The summed E-state index contributed by atoms with van der Waals surface area (Å²) >= 11 is 3.23. The molecule has 2 heterocycles. The van der Waals surface area contributed by atoms with Crippen molar-refractivity contribution in [2.75, 3.05) is 13.1 Å². The van der Waals surface area contributed by atoms with E-state index in [4.69, 9.17) is 4.74 Å². The molecule has 1 N–H and O–H groups in total. The summed E-state index contributed by atoms with van der Waals surface area (Å²) in [4.78, 5) is 26.0. The standard InChI is InChI=1S/C14H20BrN3O3/c1-14(2,3)21-13(20)9-4-6-18(7-5-9)12(19)10-8-11(15)17-16-10/h8-9H,4-7H2,1-3H3,(H,16,17). The van der Waals surface area contributed by atoms with Crippen LogP contribution in [-0.2, 0) is 9.53 Å². The molecule has 6 nitrogen and oxygen atoms in total. The smallest absolute Gasteiger partial charge is 0.309 e. The zero-order chi connectivity index (χ0) is 15.6. The van der Waals surface area contributed by atoms with E-state index in [-0.39, 0.29) is 17.8 Å². The quantitative estimate of drug-likeness (QED) is 0.824. The minimum Gasteiger partial charge on any atom is -0.460 e. The summed E-state index contributed by atoms with van der Waals surface area (Å²) in [5.74, 6) is -0.407. The van der Waals surface area contributed by atoms with E-state index in [1.165, 1.54) is 0 Å². The Balaban J connectivity index is 1.88. The minimum atomic E-state index is -0.467. The number of hydrogen-bond donors (Lipinski definition) is 1. The van der Waals surface area contributed by atoms with Gasteiger partial charge in [-0.25, -0.2) is 0 Å². The maximum absolute atomic E-state index is 12.2. The van der Waals surface area contributed by atoms with Crippen LogP contribution in [0.4, 0.5) is 0 Å². The lowest BCUT2D eigenvalue weighted by atomic mass is 9.96. The lowest BCUT2D eigenvalue weighted by Gasteiger charge is -2.32. The number of carbonyl (C=O) groups is 2. The Morgan fingerprint density at radius 2 is 2.00 bits per heavy atom. The van der Waals surface area contributed by atoms with Gasteiger partial charge in [0.1, 0.15) is 10.2 Å². The summed E-state index contributed by atoms with van der Waals surface area (Å²) < 4.78 is 6.07. The SMILES string of the molecule is CC(C)(C)OC(=O)C1CCN(C(=O)c2cc(Br)[nH]n2)CC1. The molecule has 21 heavy (non-hydrogen) atoms. The molecule has 1 aromatic rings. The van der Waals surface area contributed by atoms with Crippen molar-refractivity contribution in [3.63, 3.8) is 0 Å². The number of H-pyrrole nitrogens is 1. The van der Waals surface area contributed by atoms with Crippen LogP contribution in [-0.4, -0.2) is 45.7 Å². The van der Waals surface area contributed by atoms with E-state index in [9.17, 15) is 9.59 Å². The topological polar surface area (TPSA) is 75.3 Å². The lowest BCUT2D eigenvalue weighted by molar-refractivity contribution is -0.161. The molecule has 1 aliphatic heterocycles. The van der Waals surface area contributed by atoms with Gasteiger partial charge in [0.05, 0.1) is 5.92 Å². The molecule has 1 aliphatic rings. The highest BCUT2D eigenvalue weighted by atomic mass is 79.9. The van der Waals surface area contributed by atoms with Crippen molar-refractivity contribution in [2.45, 2.75) is 39.2 Å². The van der Waals surface area contributed by atoms with E-state index >= 15 is 0 Å². The molecule has 1 aromatic heterocycles. The van der Waals surface area contributed by atoms with Crippen LogP contribution in [0.1, 0.15) is 44.1 Å². The summed E-state index contributed by atoms with van der Waals surface area (Å²) in [6, 6.07) is 1.66. The second-order valence-electron chi connectivity index (χ2n) is 6.20. The fraction of sp³-hybridized carbons (Fsp3) is 0.643. The lowest BCUT2D eigenvalue weighted by Crippen LogP contribution is -2.41. The third-order valence-corrected chi connectivity index (χ3v) is 3.69. The van der Waals surface area contributed by atoms with Gasteiger partial charge in [-0.2, -0.15) is 5.10 Å². The minimum absolute atomic E-state index is 0.111. The van der Waals surface area contributed by atoms with E-state index in [1.54, 1.807) is 11.0 Å². The Hall–Kier alpha value is -1.37. The summed E-state index contributed by atoms with van der Waals surface area (Å²) in [7, 11) is 0. The van der Waals surface area contributed by atoms with Crippen LogP contribution in [0.5, 0.6) is 0 Å². The van der Waals surface area contributed by atoms with Crippen molar-refractivity contribution >= 4 is 27.8 Å². The summed E-state index contributed by atoms with van der Waals surface area (Å²) in [6.45, 7) is 6.68. The van der Waals surface area contributed by atoms with Gasteiger partial charge in [0.25, 0.3) is 5.91 Å². The number of aromatic amines is 1. The van der Waals surface area contributed by atoms with Gasteiger partial charge in [0.15, 0.2) is 5.69 Å². The molecule has 0 radical (unpaired) electrons. The van der Waals surface area contributed by atoms with E-state index < -0.39 is 5.60 Å². The molecule has 0 unspecified atom stereocenters. The Kier molecular flexibility index (Phi) is 4.70. The number of likely N-dealkylation sites (tertiary alicyclic amines) is 1. The van der Waals surface area contributed by atoms with Gasteiger partial charge in [0, 0.05) is 19.2 Å². The van der Waals surface area contributed by atoms with E-state index in [0.29, 0.717) is 36.2 Å². The van der Waals surface area contributed by atoms with E-state index in [1.807, 2.05) is 20.8 Å². The summed E-state index contributed by atoms with van der Waals surface area (Å²) in [5.41, 5.74) is -0.0802. The second-order valence-corrected chi connectivity index (χ2v) is 7.06. The number of ether oxygens (including phenoxy) is 1. The van der Waals surface area contributed by atoms with Gasteiger partial charge in [-0.1, -0.05) is 0 Å². The van der Waals surface area contributed by atoms with Crippen LogP contribution in [0.3, 0.4) is 0 Å². The first-order valence-corrected chi connectivity index (χ1v) is 7.78. The van der Waals surface area contributed by atoms with Crippen LogP contribution in [0, 0.1) is 5.92 Å². The molecule has 1 saturated heterocycles. The molecule has 0 aliphatic carbocycles. The number of amides is 1. The Bertz CT molecular complexity index is 528. The molecule has 1 fully saturated rings. The average Bonchev–Trinajstić information content (AvgIpc) is 2.83. The van der Waals surface area contributed by atoms with Gasteiger partial charge in [-0.15, -0.1) is 0 Å². The van der Waals surface area contributed by atoms with Gasteiger partial charge < -0.3 is 9.64 Å². The molecule has 0 spiro atoms. The first kappa shape index (κ1) is 16.0. The fourth-order valence-electron chi connectivity index (χ4n) is 2.27. The highest BCUT2D eigenvalue weighted by molar-refractivity contribution is 9.10. The van der Waals surface area contributed by atoms with Crippen LogP contribution in [0.25, 0.3) is 0 Å². The van der Waals surface area contributed by atoms with Crippen LogP contribution < -0.4 is 0 Å². The highest BCUT2D eigenvalue weighted by Gasteiger charge is 2.31. The zero-order valence-electron chi connectivity index (χ0n) is 12.5. The number of aromatic nitrogens is 2. The summed E-state index contributed by atoms with van der Waals surface area (Å²) in [6.07, 6.45) is 1.26. The molecule has 116 valence electrons. The van der Waals surface area contributed by atoms with Crippen molar-refractivity contribution < 1.29 is 14.3 Å². The number of carbonyl (C=O) groups excluding carboxylic acids is 2. The molecule has 0 atom stereocenters. The first-order chi connectivity index (χ1) is 9.76. The van der Waals surface area contributed by atoms with Crippen molar-refractivity contribution in [1.29, 1.82) is 0 Å². The Morgan fingerprint density at radius 3 is 2.48 bits per heavy atom. The molecular weight excluding hydrogens is 338 g/mol. The van der Waals surface area contributed by atoms with Gasteiger partial charge in [0.2, 0.25) is 0 Å². The maximum Gasteiger partial charge on any atom is 0.309 e. The number of rotatable bonds is 2. The average molecular weight is 358 g/mol. The van der Waals surface area contributed by atoms with E-state index in [0.717, 1.165) is 0 Å². The van der Waals surface area contributed by atoms with Gasteiger partial charge in [-0.05, 0) is 49.5 Å². The second kappa shape index (κ2) is 6.17. The molecule has 0 bridgehead atoms. The number of nitrogens with zero attached hydrogens (tertiary/aromatic N) is 2. The molecule has 0 saturated carbocycles. The molecular formula is C14H20BrN3O3. The predicted octanol–water partition coefficient (Wildman–Crippen LogP) is 2.37. The third kappa shape index (κ3) is 4.30. The van der Waals surface area contributed by atoms with Crippen LogP contribution in [0.15, 0.2) is 10.7 Å². The van der Waals surface area contributed by atoms with Crippen molar-refractivity contribution in [3.05, 3.63) is 16.4 Å². The number of nitrogens with one attached hydrogen (secondary N) is 1. The largest absolute Gasteiger partial charge is 0.460 e. The summed E-state index contributed by atoms with van der Waals surface area (Å²) in [5, 5.41) is 6.63.